The van der Waals surface area contributed by atoms with Gasteiger partial charge in [0.2, 0.25) is 0 Å². The molecule has 0 bridgehead atoms. The Morgan fingerprint density at radius 2 is 2.07 bits per heavy atom. The average Bonchev–Trinajstić information content (AvgIpc) is 2.14. The van der Waals surface area contributed by atoms with Gasteiger partial charge in [-0.3, -0.25) is 0 Å². The minimum absolute atomic E-state index is 0.547. The lowest BCUT2D eigenvalue weighted by Gasteiger charge is -2.08. The second kappa shape index (κ2) is 5.27. The molecule has 1 rings (SSSR count). The van der Waals surface area contributed by atoms with E-state index in [1.807, 2.05) is 20.2 Å². The van der Waals surface area contributed by atoms with Crippen molar-refractivity contribution in [1.29, 1.82) is 0 Å². The third-order valence-corrected chi connectivity index (χ3v) is 2.13. The van der Waals surface area contributed by atoms with E-state index < -0.39 is 0 Å². The molecule has 1 aromatic rings. The van der Waals surface area contributed by atoms with Crippen LogP contribution in [0.1, 0.15) is 18.4 Å². The number of aryl methyl sites for hydroxylation is 1. The molecule has 0 aromatic carbocycles. The Morgan fingerprint density at radius 1 is 1.36 bits per heavy atom. The van der Waals surface area contributed by atoms with E-state index in [0.29, 0.717) is 5.15 Å². The van der Waals surface area contributed by atoms with Gasteiger partial charge in [0.15, 0.2) is 0 Å². The first kappa shape index (κ1) is 11.4. The lowest BCUT2D eigenvalue weighted by atomic mass is 10.3. The Balaban J connectivity index is 2.71. The van der Waals surface area contributed by atoms with E-state index in [2.05, 4.69) is 21.8 Å². The van der Waals surface area contributed by atoms with E-state index in [9.17, 15) is 0 Å². The third kappa shape index (κ3) is 3.60. The number of nitrogens with zero attached hydrogens (tertiary/aromatic N) is 3. The SMILES string of the molecule is CCc1cc(Cl)nc(CCN(C)C)n1. The molecule has 0 aliphatic heterocycles. The second-order valence-electron chi connectivity index (χ2n) is 3.51. The first-order valence-electron chi connectivity index (χ1n) is 4.79. The summed E-state index contributed by atoms with van der Waals surface area (Å²) >= 11 is 5.88. The van der Waals surface area contributed by atoms with Gasteiger partial charge in [-0.15, -0.1) is 0 Å². The number of rotatable bonds is 4. The van der Waals surface area contributed by atoms with Gasteiger partial charge in [0, 0.05) is 18.7 Å². The van der Waals surface area contributed by atoms with E-state index in [4.69, 9.17) is 11.6 Å². The van der Waals surface area contributed by atoms with Gasteiger partial charge in [0.1, 0.15) is 11.0 Å². The number of halogens is 1. The lowest BCUT2D eigenvalue weighted by Crippen LogP contribution is -2.16. The molecule has 4 heteroatoms. The van der Waals surface area contributed by atoms with Crippen LogP contribution in [0.4, 0.5) is 0 Å². The first-order valence-corrected chi connectivity index (χ1v) is 5.16. The minimum Gasteiger partial charge on any atom is -0.309 e. The van der Waals surface area contributed by atoms with E-state index in [1.54, 1.807) is 0 Å². The Bertz CT molecular complexity index is 299. The van der Waals surface area contributed by atoms with E-state index in [0.717, 1.165) is 30.9 Å². The van der Waals surface area contributed by atoms with E-state index in [1.165, 1.54) is 0 Å². The van der Waals surface area contributed by atoms with Crippen molar-refractivity contribution in [3.05, 3.63) is 22.7 Å². The van der Waals surface area contributed by atoms with E-state index in [-0.39, 0.29) is 0 Å². The van der Waals surface area contributed by atoms with Crippen molar-refractivity contribution in [2.45, 2.75) is 19.8 Å². The normalized spacial score (nSPS) is 10.9. The van der Waals surface area contributed by atoms with Crippen LogP contribution in [-0.4, -0.2) is 35.5 Å². The Labute approximate surface area is 90.1 Å². The van der Waals surface area contributed by atoms with Gasteiger partial charge in [0.05, 0.1) is 0 Å². The van der Waals surface area contributed by atoms with Crippen LogP contribution in [0, 0.1) is 0 Å². The summed E-state index contributed by atoms with van der Waals surface area (Å²) in [5.74, 6) is 0.836. The maximum Gasteiger partial charge on any atom is 0.133 e. The summed E-state index contributed by atoms with van der Waals surface area (Å²) in [6.07, 6.45) is 1.75. The zero-order chi connectivity index (χ0) is 10.6. The molecular formula is C10H16ClN3. The van der Waals surface area contributed by atoms with Crippen molar-refractivity contribution >= 4 is 11.6 Å². The molecule has 0 atom stereocenters. The summed E-state index contributed by atoms with van der Waals surface area (Å²) < 4.78 is 0. The molecule has 3 nitrogen and oxygen atoms in total. The summed E-state index contributed by atoms with van der Waals surface area (Å²) in [7, 11) is 4.07. The fraction of sp³-hybridized carbons (Fsp3) is 0.600. The Kier molecular flexibility index (Phi) is 4.29. The van der Waals surface area contributed by atoms with Crippen LogP contribution < -0.4 is 0 Å². The highest BCUT2D eigenvalue weighted by atomic mass is 35.5. The lowest BCUT2D eigenvalue weighted by molar-refractivity contribution is 0.409. The summed E-state index contributed by atoms with van der Waals surface area (Å²) in [5, 5.41) is 0.547. The van der Waals surface area contributed by atoms with Crippen molar-refractivity contribution in [2.75, 3.05) is 20.6 Å². The van der Waals surface area contributed by atoms with E-state index >= 15 is 0 Å². The fourth-order valence-corrected chi connectivity index (χ4v) is 1.36. The molecule has 1 heterocycles. The highest BCUT2D eigenvalue weighted by molar-refractivity contribution is 6.29. The maximum atomic E-state index is 5.88. The maximum absolute atomic E-state index is 5.88. The van der Waals surface area contributed by atoms with Gasteiger partial charge in [-0.1, -0.05) is 18.5 Å². The molecular weight excluding hydrogens is 198 g/mol. The number of hydrogen-bond donors (Lipinski definition) is 0. The molecule has 0 N–H and O–H groups in total. The molecule has 78 valence electrons. The quantitative estimate of drug-likeness (QED) is 0.715. The van der Waals surface area contributed by atoms with Crippen molar-refractivity contribution in [3.8, 4) is 0 Å². The van der Waals surface area contributed by atoms with Crippen LogP contribution in [0.5, 0.6) is 0 Å². The molecule has 0 saturated heterocycles. The van der Waals surface area contributed by atoms with Crippen molar-refractivity contribution < 1.29 is 0 Å². The summed E-state index contributed by atoms with van der Waals surface area (Å²) in [4.78, 5) is 10.7. The van der Waals surface area contributed by atoms with Crippen LogP contribution in [0.15, 0.2) is 6.07 Å². The van der Waals surface area contributed by atoms with Gasteiger partial charge in [-0.2, -0.15) is 0 Å². The van der Waals surface area contributed by atoms with Crippen LogP contribution in [0.3, 0.4) is 0 Å². The van der Waals surface area contributed by atoms with Crippen LogP contribution in [-0.2, 0) is 12.8 Å². The third-order valence-electron chi connectivity index (χ3n) is 1.94. The highest BCUT2D eigenvalue weighted by Gasteiger charge is 2.02. The monoisotopic (exact) mass is 213 g/mol. The predicted octanol–water partition coefficient (Wildman–Crippen LogP) is 1.80. The standard InChI is InChI=1S/C10H16ClN3/c1-4-8-7-9(11)13-10(12-8)5-6-14(2)3/h7H,4-6H2,1-3H3. The zero-order valence-corrected chi connectivity index (χ0v) is 9.67. The second-order valence-corrected chi connectivity index (χ2v) is 3.89. The fourth-order valence-electron chi connectivity index (χ4n) is 1.13. The summed E-state index contributed by atoms with van der Waals surface area (Å²) in [5.41, 5.74) is 1.01. The predicted molar refractivity (Wildman–Crippen MR) is 58.7 cm³/mol. The van der Waals surface area contributed by atoms with Crippen LogP contribution in [0.25, 0.3) is 0 Å². The molecule has 0 aliphatic carbocycles. The Morgan fingerprint density at radius 3 is 2.64 bits per heavy atom. The zero-order valence-electron chi connectivity index (χ0n) is 8.92. The molecule has 14 heavy (non-hydrogen) atoms. The van der Waals surface area contributed by atoms with Gasteiger partial charge in [-0.25, -0.2) is 9.97 Å². The molecule has 0 fully saturated rings. The largest absolute Gasteiger partial charge is 0.309 e. The molecule has 0 spiro atoms. The average molecular weight is 214 g/mol. The Hall–Kier alpha value is -0.670. The van der Waals surface area contributed by atoms with Gasteiger partial charge in [-0.05, 0) is 26.6 Å². The molecule has 0 saturated carbocycles. The topological polar surface area (TPSA) is 29.0 Å². The number of hydrogen-bond acceptors (Lipinski definition) is 3. The summed E-state index contributed by atoms with van der Waals surface area (Å²) in [6.45, 7) is 3.01. The van der Waals surface area contributed by atoms with Gasteiger partial charge in [0.25, 0.3) is 0 Å². The van der Waals surface area contributed by atoms with Crippen LogP contribution >= 0.6 is 11.6 Å². The van der Waals surface area contributed by atoms with Crippen molar-refractivity contribution in [1.82, 2.24) is 14.9 Å². The molecule has 0 amide bonds. The minimum atomic E-state index is 0.547. The smallest absolute Gasteiger partial charge is 0.133 e. The molecule has 1 aromatic heterocycles. The molecule has 0 unspecified atom stereocenters. The molecule has 0 radical (unpaired) electrons. The van der Waals surface area contributed by atoms with Gasteiger partial charge < -0.3 is 4.90 Å². The van der Waals surface area contributed by atoms with Crippen LogP contribution in [0.2, 0.25) is 5.15 Å². The number of aromatic nitrogens is 2. The highest BCUT2D eigenvalue weighted by Crippen LogP contribution is 2.08. The number of likely N-dealkylation sites (N-methyl/N-ethyl adjacent to an activating group) is 1. The molecule has 0 aliphatic rings. The first-order chi connectivity index (χ1) is 6.61. The van der Waals surface area contributed by atoms with Gasteiger partial charge >= 0.3 is 0 Å². The summed E-state index contributed by atoms with van der Waals surface area (Å²) in [6, 6.07) is 1.82. The van der Waals surface area contributed by atoms with Crippen molar-refractivity contribution in [2.24, 2.45) is 0 Å². The van der Waals surface area contributed by atoms with Crippen molar-refractivity contribution in [3.63, 3.8) is 0 Å².